The molecule has 0 amide bonds. The Morgan fingerprint density at radius 1 is 1.35 bits per heavy atom. The van der Waals surface area contributed by atoms with Crippen LogP contribution < -0.4 is 4.90 Å². The fourth-order valence-electron chi connectivity index (χ4n) is 3.32. The van der Waals surface area contributed by atoms with Gasteiger partial charge in [0.15, 0.2) is 0 Å². The number of hydrogen-bond acceptors (Lipinski definition) is 2. The maximum atomic E-state index is 10.6. The minimum absolute atomic E-state index is 0.482. The lowest BCUT2D eigenvalue weighted by atomic mass is 9.89. The van der Waals surface area contributed by atoms with Crippen LogP contribution >= 0.6 is 0 Å². The fraction of sp³-hybridized carbons (Fsp3) is 0.444. The van der Waals surface area contributed by atoms with Gasteiger partial charge in [0.05, 0.1) is 0 Å². The number of aromatic hydroxyl groups is 1. The standard InChI is InChI=1S/C18H23NO/c1-3-13(2)8-9-15-12-14-6-4-10-19-11-5-7-16(17(14)19)18(15)20/h8-9,12,20H,2-7,10-11H2,1H3/b9-8+. The third-order valence-corrected chi connectivity index (χ3v) is 4.48. The zero-order valence-corrected chi connectivity index (χ0v) is 12.3. The normalized spacial score (nSPS) is 17.4. The molecule has 0 aliphatic carbocycles. The second-order valence-electron chi connectivity index (χ2n) is 5.84. The molecule has 0 aromatic heterocycles. The number of allylic oxidation sites excluding steroid dienone is 2. The SMILES string of the molecule is C=C(/C=C/c1cc2c3c(c1O)CCCN3CCC2)CC. The van der Waals surface area contributed by atoms with Gasteiger partial charge in [0, 0.05) is 29.9 Å². The van der Waals surface area contributed by atoms with E-state index in [9.17, 15) is 5.11 Å². The van der Waals surface area contributed by atoms with E-state index >= 15 is 0 Å². The summed E-state index contributed by atoms with van der Waals surface area (Å²) in [5.74, 6) is 0.482. The van der Waals surface area contributed by atoms with E-state index in [1.54, 1.807) is 0 Å². The summed E-state index contributed by atoms with van der Waals surface area (Å²) in [6.07, 6.45) is 9.50. The van der Waals surface area contributed by atoms with Crippen molar-refractivity contribution in [3.63, 3.8) is 0 Å². The van der Waals surface area contributed by atoms with Crippen molar-refractivity contribution in [2.24, 2.45) is 0 Å². The zero-order valence-electron chi connectivity index (χ0n) is 12.3. The zero-order chi connectivity index (χ0) is 14.1. The first-order valence-corrected chi connectivity index (χ1v) is 7.69. The van der Waals surface area contributed by atoms with Crippen molar-refractivity contribution in [2.75, 3.05) is 18.0 Å². The summed E-state index contributed by atoms with van der Waals surface area (Å²) in [5.41, 5.74) is 5.95. The first-order valence-electron chi connectivity index (χ1n) is 7.69. The van der Waals surface area contributed by atoms with Crippen LogP contribution in [-0.4, -0.2) is 18.2 Å². The van der Waals surface area contributed by atoms with Crippen molar-refractivity contribution in [2.45, 2.75) is 39.0 Å². The molecule has 0 atom stereocenters. The van der Waals surface area contributed by atoms with Crippen molar-refractivity contribution in [1.29, 1.82) is 0 Å². The molecule has 3 rings (SSSR count). The molecule has 0 saturated carbocycles. The smallest absolute Gasteiger partial charge is 0.128 e. The van der Waals surface area contributed by atoms with Crippen LogP contribution in [0, 0.1) is 0 Å². The summed E-state index contributed by atoms with van der Waals surface area (Å²) in [7, 11) is 0. The molecule has 2 nitrogen and oxygen atoms in total. The topological polar surface area (TPSA) is 23.5 Å². The van der Waals surface area contributed by atoms with Gasteiger partial charge in [-0.3, -0.25) is 0 Å². The number of nitrogens with zero attached hydrogens (tertiary/aromatic N) is 1. The second kappa shape index (κ2) is 5.35. The van der Waals surface area contributed by atoms with Crippen LogP contribution in [0.5, 0.6) is 5.75 Å². The van der Waals surface area contributed by atoms with Gasteiger partial charge >= 0.3 is 0 Å². The summed E-state index contributed by atoms with van der Waals surface area (Å²) < 4.78 is 0. The lowest BCUT2D eigenvalue weighted by Crippen LogP contribution is -2.34. The molecule has 0 unspecified atom stereocenters. The highest BCUT2D eigenvalue weighted by Gasteiger charge is 2.26. The number of benzene rings is 1. The van der Waals surface area contributed by atoms with E-state index in [0.717, 1.165) is 55.5 Å². The van der Waals surface area contributed by atoms with Gasteiger partial charge in [-0.1, -0.05) is 31.2 Å². The van der Waals surface area contributed by atoms with Crippen LogP contribution in [0.1, 0.15) is 42.9 Å². The van der Waals surface area contributed by atoms with Crippen LogP contribution in [-0.2, 0) is 12.8 Å². The highest BCUT2D eigenvalue weighted by molar-refractivity contribution is 5.74. The van der Waals surface area contributed by atoms with Gasteiger partial charge in [0.2, 0.25) is 0 Å². The fourth-order valence-corrected chi connectivity index (χ4v) is 3.32. The molecular formula is C18H23NO. The Morgan fingerprint density at radius 2 is 2.10 bits per heavy atom. The largest absolute Gasteiger partial charge is 0.507 e. The summed E-state index contributed by atoms with van der Waals surface area (Å²) >= 11 is 0. The molecule has 106 valence electrons. The van der Waals surface area contributed by atoms with Crippen molar-refractivity contribution < 1.29 is 5.11 Å². The average molecular weight is 269 g/mol. The molecule has 2 heteroatoms. The Kier molecular flexibility index (Phi) is 3.56. The number of rotatable bonds is 3. The van der Waals surface area contributed by atoms with E-state index in [0.29, 0.717) is 5.75 Å². The Hall–Kier alpha value is -1.70. The molecule has 1 aromatic carbocycles. The monoisotopic (exact) mass is 269 g/mol. The molecule has 0 bridgehead atoms. The van der Waals surface area contributed by atoms with Crippen LogP contribution in [0.25, 0.3) is 6.08 Å². The van der Waals surface area contributed by atoms with Crippen molar-refractivity contribution in [3.8, 4) is 5.75 Å². The lowest BCUT2D eigenvalue weighted by molar-refractivity contribution is 0.461. The van der Waals surface area contributed by atoms with Crippen molar-refractivity contribution >= 4 is 11.8 Å². The first kappa shape index (κ1) is 13.3. The molecule has 0 saturated heterocycles. The Bertz CT molecular complexity index is 569. The van der Waals surface area contributed by atoms with Gasteiger partial charge in [0.1, 0.15) is 5.75 Å². The Labute approximate surface area is 121 Å². The molecule has 0 radical (unpaired) electrons. The second-order valence-corrected chi connectivity index (χ2v) is 5.84. The minimum atomic E-state index is 0.482. The van der Waals surface area contributed by atoms with Gasteiger partial charge < -0.3 is 10.0 Å². The van der Waals surface area contributed by atoms with E-state index in [1.165, 1.54) is 17.7 Å². The molecule has 20 heavy (non-hydrogen) atoms. The number of phenolic OH excluding ortho intramolecular Hbond substituents is 1. The number of aryl methyl sites for hydroxylation is 1. The first-order chi connectivity index (χ1) is 9.70. The highest BCUT2D eigenvalue weighted by atomic mass is 16.3. The van der Waals surface area contributed by atoms with Gasteiger partial charge in [-0.25, -0.2) is 0 Å². The number of hydrogen-bond donors (Lipinski definition) is 1. The summed E-state index contributed by atoms with van der Waals surface area (Å²) in [6, 6.07) is 2.17. The van der Waals surface area contributed by atoms with Crippen molar-refractivity contribution in [1.82, 2.24) is 0 Å². The quantitative estimate of drug-likeness (QED) is 0.836. The molecule has 0 fully saturated rings. The number of anilines is 1. The van der Waals surface area contributed by atoms with Gasteiger partial charge in [-0.15, -0.1) is 0 Å². The van der Waals surface area contributed by atoms with Gasteiger partial charge in [0.25, 0.3) is 0 Å². The van der Waals surface area contributed by atoms with E-state index in [-0.39, 0.29) is 0 Å². The minimum Gasteiger partial charge on any atom is -0.507 e. The van der Waals surface area contributed by atoms with Crippen LogP contribution in [0.4, 0.5) is 5.69 Å². The average Bonchev–Trinajstić information content (AvgIpc) is 2.49. The lowest BCUT2D eigenvalue weighted by Gasteiger charge is -2.37. The molecule has 2 aliphatic rings. The molecule has 1 N–H and O–H groups in total. The van der Waals surface area contributed by atoms with Gasteiger partial charge in [-0.05, 0) is 43.7 Å². The predicted molar refractivity (Wildman–Crippen MR) is 85.4 cm³/mol. The van der Waals surface area contributed by atoms with Crippen LogP contribution in [0.3, 0.4) is 0 Å². The third-order valence-electron chi connectivity index (χ3n) is 4.48. The predicted octanol–water partition coefficient (Wildman–Crippen LogP) is 4.07. The summed E-state index contributed by atoms with van der Waals surface area (Å²) in [6.45, 7) is 8.37. The maximum absolute atomic E-state index is 10.6. The molecule has 1 aromatic rings. The Balaban J connectivity index is 2.05. The Morgan fingerprint density at radius 3 is 2.85 bits per heavy atom. The summed E-state index contributed by atoms with van der Waals surface area (Å²) in [5, 5.41) is 10.6. The van der Waals surface area contributed by atoms with E-state index in [2.05, 4.69) is 24.5 Å². The molecule has 2 aliphatic heterocycles. The number of phenols is 1. The molecule has 2 heterocycles. The van der Waals surface area contributed by atoms with Crippen molar-refractivity contribution in [3.05, 3.63) is 41.0 Å². The highest BCUT2D eigenvalue weighted by Crippen LogP contribution is 2.42. The summed E-state index contributed by atoms with van der Waals surface area (Å²) in [4.78, 5) is 2.45. The van der Waals surface area contributed by atoms with E-state index in [4.69, 9.17) is 0 Å². The van der Waals surface area contributed by atoms with Gasteiger partial charge in [-0.2, -0.15) is 0 Å². The maximum Gasteiger partial charge on any atom is 0.128 e. The van der Waals surface area contributed by atoms with Crippen LogP contribution in [0.2, 0.25) is 0 Å². The van der Waals surface area contributed by atoms with Crippen LogP contribution in [0.15, 0.2) is 24.3 Å². The van der Waals surface area contributed by atoms with E-state index < -0.39 is 0 Å². The van der Waals surface area contributed by atoms with E-state index in [1.807, 2.05) is 12.2 Å². The third kappa shape index (κ3) is 2.24. The molecule has 0 spiro atoms. The molecular weight excluding hydrogens is 246 g/mol.